The first-order chi connectivity index (χ1) is 18.9. The molecule has 0 unspecified atom stereocenters. The van der Waals surface area contributed by atoms with Crippen LogP contribution in [0, 0.1) is 0 Å². The van der Waals surface area contributed by atoms with Crippen LogP contribution in [0.1, 0.15) is 0 Å². The third kappa shape index (κ3) is 3.80. The topological polar surface area (TPSA) is 42.7 Å². The SMILES string of the molecule is c1ccc(-c2cccc(-c3ccccc3Nc3cccc4c3c3ncccc3n4-c3ccccc3)n2)cc1. The predicted molar refractivity (Wildman–Crippen MR) is 157 cm³/mol. The molecule has 0 saturated carbocycles. The van der Waals surface area contributed by atoms with Crippen LogP contribution in [0.25, 0.3) is 50.1 Å². The molecule has 0 aliphatic heterocycles. The van der Waals surface area contributed by atoms with Crippen LogP contribution in [0.2, 0.25) is 0 Å². The van der Waals surface area contributed by atoms with Gasteiger partial charge in [-0.05, 0) is 54.6 Å². The third-order valence-corrected chi connectivity index (χ3v) is 6.85. The Labute approximate surface area is 220 Å². The van der Waals surface area contributed by atoms with Gasteiger partial charge in [-0.25, -0.2) is 4.98 Å². The molecule has 0 radical (unpaired) electrons. The maximum atomic E-state index is 5.02. The van der Waals surface area contributed by atoms with E-state index in [1.165, 1.54) is 0 Å². The Morgan fingerprint density at radius 1 is 0.526 bits per heavy atom. The Bertz CT molecular complexity index is 1890. The summed E-state index contributed by atoms with van der Waals surface area (Å²) < 4.78 is 2.28. The second-order valence-corrected chi connectivity index (χ2v) is 9.19. The maximum absolute atomic E-state index is 5.02. The average molecular weight is 489 g/mol. The molecule has 1 N–H and O–H groups in total. The number of nitrogens with zero attached hydrogens (tertiary/aromatic N) is 3. The minimum absolute atomic E-state index is 0.923. The van der Waals surface area contributed by atoms with E-state index in [1.54, 1.807) is 0 Å². The van der Waals surface area contributed by atoms with E-state index in [-0.39, 0.29) is 0 Å². The number of para-hydroxylation sites is 2. The molecular weight excluding hydrogens is 464 g/mol. The summed E-state index contributed by atoms with van der Waals surface area (Å²) in [5.41, 5.74) is 10.3. The van der Waals surface area contributed by atoms with Gasteiger partial charge in [0.25, 0.3) is 0 Å². The zero-order valence-electron chi connectivity index (χ0n) is 20.6. The van der Waals surface area contributed by atoms with E-state index in [0.717, 1.165) is 61.5 Å². The lowest BCUT2D eigenvalue weighted by Crippen LogP contribution is -1.96. The second kappa shape index (κ2) is 9.34. The quantitative estimate of drug-likeness (QED) is 0.264. The van der Waals surface area contributed by atoms with Gasteiger partial charge in [0, 0.05) is 34.1 Å². The minimum Gasteiger partial charge on any atom is -0.354 e. The summed E-state index contributed by atoms with van der Waals surface area (Å²) in [7, 11) is 0. The fraction of sp³-hybridized carbons (Fsp3) is 0. The zero-order chi connectivity index (χ0) is 25.3. The summed E-state index contributed by atoms with van der Waals surface area (Å²) in [6, 6.07) is 45.8. The summed E-state index contributed by atoms with van der Waals surface area (Å²) in [4.78, 5) is 9.83. The first kappa shape index (κ1) is 22.0. The van der Waals surface area contributed by atoms with Gasteiger partial charge in [0.1, 0.15) is 0 Å². The van der Waals surface area contributed by atoms with Crippen LogP contribution < -0.4 is 5.32 Å². The van der Waals surface area contributed by atoms with Crippen LogP contribution in [-0.4, -0.2) is 14.5 Å². The molecule has 3 heterocycles. The van der Waals surface area contributed by atoms with Gasteiger partial charge in [0.2, 0.25) is 0 Å². The summed E-state index contributed by atoms with van der Waals surface area (Å²) in [5, 5.41) is 4.83. The van der Waals surface area contributed by atoms with Gasteiger partial charge in [-0.3, -0.25) is 4.98 Å². The van der Waals surface area contributed by atoms with Gasteiger partial charge in [-0.15, -0.1) is 0 Å². The van der Waals surface area contributed by atoms with E-state index in [2.05, 4.69) is 113 Å². The first-order valence-corrected chi connectivity index (χ1v) is 12.7. The lowest BCUT2D eigenvalue weighted by atomic mass is 10.1. The molecule has 0 aliphatic carbocycles. The molecule has 0 aliphatic rings. The Kier molecular flexibility index (Phi) is 5.41. The normalized spacial score (nSPS) is 11.2. The number of aromatic nitrogens is 3. The van der Waals surface area contributed by atoms with Crippen molar-refractivity contribution in [1.82, 2.24) is 14.5 Å². The Morgan fingerprint density at radius 2 is 1.21 bits per heavy atom. The van der Waals surface area contributed by atoms with Crippen molar-refractivity contribution in [2.45, 2.75) is 0 Å². The number of nitrogens with one attached hydrogen (secondary N) is 1. The molecule has 0 amide bonds. The molecule has 4 aromatic carbocycles. The summed E-state index contributed by atoms with van der Waals surface area (Å²) in [6.45, 7) is 0. The Morgan fingerprint density at radius 3 is 2.08 bits per heavy atom. The maximum Gasteiger partial charge on any atom is 0.0984 e. The molecule has 0 spiro atoms. The van der Waals surface area contributed by atoms with Gasteiger partial charge in [-0.2, -0.15) is 0 Å². The number of benzene rings is 4. The van der Waals surface area contributed by atoms with Crippen LogP contribution >= 0.6 is 0 Å². The fourth-order valence-electron chi connectivity index (χ4n) is 5.15. The average Bonchev–Trinajstić information content (AvgIpc) is 3.34. The molecule has 0 atom stereocenters. The lowest BCUT2D eigenvalue weighted by molar-refractivity contribution is 1.18. The highest BCUT2D eigenvalue weighted by molar-refractivity contribution is 6.13. The van der Waals surface area contributed by atoms with Gasteiger partial charge in [0.05, 0.1) is 33.6 Å². The van der Waals surface area contributed by atoms with Crippen molar-refractivity contribution in [2.24, 2.45) is 0 Å². The van der Waals surface area contributed by atoms with Crippen molar-refractivity contribution in [2.75, 3.05) is 5.32 Å². The molecule has 4 nitrogen and oxygen atoms in total. The number of hydrogen-bond acceptors (Lipinski definition) is 3. The number of hydrogen-bond donors (Lipinski definition) is 1. The first-order valence-electron chi connectivity index (χ1n) is 12.7. The molecular formula is C34H24N4. The molecule has 4 heteroatoms. The van der Waals surface area contributed by atoms with Crippen LogP contribution in [0.5, 0.6) is 0 Å². The largest absolute Gasteiger partial charge is 0.354 e. The van der Waals surface area contributed by atoms with Gasteiger partial charge >= 0.3 is 0 Å². The summed E-state index contributed by atoms with van der Waals surface area (Å²) in [6.07, 6.45) is 1.86. The van der Waals surface area contributed by atoms with E-state index >= 15 is 0 Å². The monoisotopic (exact) mass is 488 g/mol. The van der Waals surface area contributed by atoms with Gasteiger partial charge in [0.15, 0.2) is 0 Å². The van der Waals surface area contributed by atoms with E-state index in [1.807, 2.05) is 36.5 Å². The highest BCUT2D eigenvalue weighted by atomic mass is 15.0. The van der Waals surface area contributed by atoms with Gasteiger partial charge in [-0.1, -0.05) is 78.9 Å². The Balaban J connectivity index is 1.37. The van der Waals surface area contributed by atoms with Crippen molar-refractivity contribution in [1.29, 1.82) is 0 Å². The predicted octanol–water partition coefficient (Wildman–Crippen LogP) is 8.65. The molecule has 0 bridgehead atoms. The molecule has 7 aromatic rings. The number of anilines is 2. The highest BCUT2D eigenvalue weighted by Gasteiger charge is 2.17. The molecule has 3 aromatic heterocycles. The minimum atomic E-state index is 0.923. The van der Waals surface area contributed by atoms with E-state index in [0.29, 0.717) is 0 Å². The van der Waals surface area contributed by atoms with Crippen LogP contribution in [0.15, 0.2) is 140 Å². The molecule has 0 fully saturated rings. The molecule has 0 saturated heterocycles. The highest BCUT2D eigenvalue weighted by Crippen LogP contribution is 2.38. The zero-order valence-corrected chi connectivity index (χ0v) is 20.6. The lowest BCUT2D eigenvalue weighted by Gasteiger charge is -2.14. The van der Waals surface area contributed by atoms with E-state index in [4.69, 9.17) is 9.97 Å². The van der Waals surface area contributed by atoms with E-state index < -0.39 is 0 Å². The van der Waals surface area contributed by atoms with Crippen molar-refractivity contribution in [3.8, 4) is 28.2 Å². The number of pyridine rings is 2. The van der Waals surface area contributed by atoms with Crippen LogP contribution in [-0.2, 0) is 0 Å². The van der Waals surface area contributed by atoms with E-state index in [9.17, 15) is 0 Å². The third-order valence-electron chi connectivity index (χ3n) is 6.85. The smallest absolute Gasteiger partial charge is 0.0984 e. The summed E-state index contributed by atoms with van der Waals surface area (Å²) >= 11 is 0. The van der Waals surface area contributed by atoms with Crippen molar-refractivity contribution >= 4 is 33.3 Å². The number of rotatable bonds is 5. The Hall–Kier alpha value is -5.22. The van der Waals surface area contributed by atoms with Crippen molar-refractivity contribution in [3.63, 3.8) is 0 Å². The fourth-order valence-corrected chi connectivity index (χ4v) is 5.15. The standard InChI is InChI=1S/C34H24N4/c1-3-12-24(13-4-1)27-18-9-19-29(36-27)26-16-7-8-17-28(26)37-30-20-10-21-31-33(30)34-32(22-11-23-35-34)38(31)25-14-5-2-6-15-25/h1-23,37H. The molecule has 7 rings (SSSR count). The number of fused-ring (bicyclic) bond motifs is 3. The van der Waals surface area contributed by atoms with Crippen LogP contribution in [0.3, 0.4) is 0 Å². The van der Waals surface area contributed by atoms with Crippen LogP contribution in [0.4, 0.5) is 11.4 Å². The molecule has 180 valence electrons. The summed E-state index contributed by atoms with van der Waals surface area (Å²) in [5.74, 6) is 0. The van der Waals surface area contributed by atoms with Gasteiger partial charge < -0.3 is 9.88 Å². The molecule has 38 heavy (non-hydrogen) atoms. The van der Waals surface area contributed by atoms with Crippen molar-refractivity contribution in [3.05, 3.63) is 140 Å². The second-order valence-electron chi connectivity index (χ2n) is 9.19. The van der Waals surface area contributed by atoms with Crippen molar-refractivity contribution < 1.29 is 0 Å².